The molecule has 0 bridgehead atoms. The SMILES string of the molecule is C=CCc1cc(/C=C2/SC(=O)N(CC(=O)N3CCOCC3)C2=O)cc(OC)c1OCc1ccc([N+](=O)[O-])cc1. The molecule has 0 N–H and O–H groups in total. The minimum atomic E-state index is -0.533. The van der Waals surface area contributed by atoms with Crippen molar-refractivity contribution in [1.82, 2.24) is 9.80 Å². The molecule has 11 nitrogen and oxygen atoms in total. The average molecular weight is 554 g/mol. The fourth-order valence-corrected chi connectivity index (χ4v) is 4.93. The number of nitro groups is 1. The number of nitro benzene ring substituents is 1. The van der Waals surface area contributed by atoms with E-state index in [-0.39, 0.29) is 29.7 Å². The van der Waals surface area contributed by atoms with Crippen LogP contribution in [0, 0.1) is 10.1 Å². The van der Waals surface area contributed by atoms with Crippen LogP contribution in [0.15, 0.2) is 54.0 Å². The molecule has 2 aliphatic rings. The van der Waals surface area contributed by atoms with E-state index in [9.17, 15) is 24.5 Å². The minimum Gasteiger partial charge on any atom is -0.493 e. The lowest BCUT2D eigenvalue weighted by atomic mass is 10.0. The molecule has 0 atom stereocenters. The number of hydrogen-bond acceptors (Lipinski definition) is 9. The van der Waals surface area contributed by atoms with Gasteiger partial charge in [0.2, 0.25) is 5.91 Å². The van der Waals surface area contributed by atoms with Gasteiger partial charge in [0, 0.05) is 30.8 Å². The first kappa shape index (κ1) is 27.9. The molecule has 0 unspecified atom stereocenters. The molecule has 2 heterocycles. The number of carbonyl (C=O) groups is 3. The molecule has 3 amide bonds. The molecule has 0 spiro atoms. The number of methoxy groups -OCH3 is 1. The third kappa shape index (κ3) is 6.65. The fourth-order valence-electron chi connectivity index (χ4n) is 4.09. The summed E-state index contributed by atoms with van der Waals surface area (Å²) in [6.45, 7) is 5.33. The van der Waals surface area contributed by atoms with Crippen molar-refractivity contribution < 1.29 is 33.5 Å². The first-order valence-corrected chi connectivity index (χ1v) is 12.9. The van der Waals surface area contributed by atoms with E-state index in [1.54, 1.807) is 35.3 Å². The smallest absolute Gasteiger partial charge is 0.294 e. The number of amides is 3. The van der Waals surface area contributed by atoms with E-state index in [0.717, 1.165) is 27.8 Å². The van der Waals surface area contributed by atoms with Gasteiger partial charge in [-0.25, -0.2) is 0 Å². The molecule has 2 aromatic rings. The van der Waals surface area contributed by atoms with E-state index in [0.29, 0.717) is 49.8 Å². The van der Waals surface area contributed by atoms with Gasteiger partial charge < -0.3 is 19.1 Å². The van der Waals surface area contributed by atoms with E-state index in [4.69, 9.17) is 14.2 Å². The van der Waals surface area contributed by atoms with Gasteiger partial charge in [0.05, 0.1) is 30.2 Å². The second kappa shape index (κ2) is 12.6. The summed E-state index contributed by atoms with van der Waals surface area (Å²) >= 11 is 0.776. The zero-order chi connectivity index (χ0) is 27.9. The van der Waals surface area contributed by atoms with Crippen molar-refractivity contribution in [1.29, 1.82) is 0 Å². The maximum absolute atomic E-state index is 13.0. The highest BCUT2D eigenvalue weighted by atomic mass is 32.2. The number of imide groups is 1. The van der Waals surface area contributed by atoms with Crippen LogP contribution < -0.4 is 9.47 Å². The molecule has 0 radical (unpaired) electrons. The highest BCUT2D eigenvalue weighted by Crippen LogP contribution is 2.37. The summed E-state index contributed by atoms with van der Waals surface area (Å²) in [5, 5.41) is 10.4. The number of hydrogen-bond donors (Lipinski definition) is 0. The quantitative estimate of drug-likeness (QED) is 0.187. The van der Waals surface area contributed by atoms with E-state index < -0.39 is 16.1 Å². The lowest BCUT2D eigenvalue weighted by Gasteiger charge is -2.28. The van der Waals surface area contributed by atoms with Crippen LogP contribution in [-0.2, 0) is 27.4 Å². The van der Waals surface area contributed by atoms with E-state index in [1.807, 2.05) is 6.07 Å². The van der Waals surface area contributed by atoms with Crippen LogP contribution in [0.5, 0.6) is 11.5 Å². The Morgan fingerprint density at radius 2 is 1.92 bits per heavy atom. The number of non-ortho nitro benzene ring substituents is 1. The van der Waals surface area contributed by atoms with Gasteiger partial charge in [-0.1, -0.05) is 6.08 Å². The van der Waals surface area contributed by atoms with Crippen LogP contribution in [0.2, 0.25) is 0 Å². The maximum atomic E-state index is 13.0. The Labute approximate surface area is 229 Å². The normalized spacial score (nSPS) is 16.5. The number of nitrogens with zero attached hydrogens (tertiary/aromatic N) is 3. The van der Waals surface area contributed by atoms with Crippen molar-refractivity contribution in [2.75, 3.05) is 40.0 Å². The van der Waals surface area contributed by atoms with Gasteiger partial charge in [0.1, 0.15) is 13.2 Å². The molecule has 204 valence electrons. The van der Waals surface area contributed by atoms with Crippen LogP contribution in [0.4, 0.5) is 10.5 Å². The first-order valence-electron chi connectivity index (χ1n) is 12.1. The van der Waals surface area contributed by atoms with Crippen LogP contribution in [-0.4, -0.2) is 71.7 Å². The Morgan fingerprint density at radius 1 is 1.21 bits per heavy atom. The predicted octanol–water partition coefficient (Wildman–Crippen LogP) is 3.81. The fraction of sp³-hybridized carbons (Fsp3) is 0.296. The number of allylic oxidation sites excluding steroid dienone is 1. The molecule has 2 aliphatic heterocycles. The second-order valence-corrected chi connectivity index (χ2v) is 9.67. The number of carbonyl (C=O) groups excluding carboxylic acids is 3. The molecule has 12 heteroatoms. The summed E-state index contributed by atoms with van der Waals surface area (Å²) in [4.78, 5) is 51.3. The first-order chi connectivity index (χ1) is 18.8. The zero-order valence-corrected chi connectivity index (χ0v) is 22.1. The molecule has 2 aromatic carbocycles. The van der Waals surface area contributed by atoms with Crippen molar-refractivity contribution in [3.8, 4) is 11.5 Å². The minimum absolute atomic E-state index is 0.0112. The van der Waals surface area contributed by atoms with Gasteiger partial charge in [-0.05, 0) is 59.7 Å². The Hall–Kier alpha value is -4.16. The highest BCUT2D eigenvalue weighted by molar-refractivity contribution is 8.18. The van der Waals surface area contributed by atoms with Gasteiger partial charge in [-0.3, -0.25) is 29.4 Å². The Bertz CT molecular complexity index is 1320. The number of ether oxygens (including phenoxy) is 3. The lowest BCUT2D eigenvalue weighted by Crippen LogP contribution is -2.46. The van der Waals surface area contributed by atoms with E-state index in [1.165, 1.54) is 19.2 Å². The third-order valence-electron chi connectivity index (χ3n) is 6.10. The summed E-state index contributed by atoms with van der Waals surface area (Å²) in [6, 6.07) is 9.54. The van der Waals surface area contributed by atoms with Gasteiger partial charge in [-0.2, -0.15) is 0 Å². The number of rotatable bonds is 10. The summed E-state index contributed by atoms with van der Waals surface area (Å²) < 4.78 is 16.8. The summed E-state index contributed by atoms with van der Waals surface area (Å²) in [7, 11) is 1.49. The van der Waals surface area contributed by atoms with Crippen LogP contribution in [0.25, 0.3) is 6.08 Å². The molecule has 39 heavy (non-hydrogen) atoms. The number of thioether (sulfide) groups is 1. The molecule has 2 fully saturated rings. The highest BCUT2D eigenvalue weighted by Gasteiger charge is 2.37. The Morgan fingerprint density at radius 3 is 2.56 bits per heavy atom. The van der Waals surface area contributed by atoms with Crippen LogP contribution in [0.3, 0.4) is 0 Å². The third-order valence-corrected chi connectivity index (χ3v) is 7.00. The Kier molecular flexibility index (Phi) is 8.99. The predicted molar refractivity (Wildman–Crippen MR) is 144 cm³/mol. The molecule has 4 rings (SSSR count). The monoisotopic (exact) mass is 553 g/mol. The topological polar surface area (TPSA) is 129 Å². The van der Waals surface area contributed by atoms with Gasteiger partial charge in [-0.15, -0.1) is 6.58 Å². The standard InChI is InChI=1S/C27H27N3O8S/c1-3-4-20-13-19(14-22(36-2)25(20)38-17-18-5-7-21(8-6-18)30(34)35)15-23-26(32)29(27(33)39-23)16-24(31)28-9-11-37-12-10-28/h3,5-8,13-15H,1,4,9-12,16-17H2,2H3/b23-15+. The summed E-state index contributed by atoms with van der Waals surface area (Å²) in [5.74, 6) is 0.0435. The van der Waals surface area contributed by atoms with Crippen molar-refractivity contribution in [2.45, 2.75) is 13.0 Å². The summed E-state index contributed by atoms with van der Waals surface area (Å²) in [5.41, 5.74) is 2.06. The Balaban J connectivity index is 1.52. The molecule has 0 aromatic heterocycles. The molecular weight excluding hydrogens is 526 g/mol. The van der Waals surface area contributed by atoms with Crippen molar-refractivity contribution >= 4 is 40.6 Å². The van der Waals surface area contributed by atoms with Crippen molar-refractivity contribution in [2.24, 2.45) is 0 Å². The second-order valence-electron chi connectivity index (χ2n) is 8.68. The van der Waals surface area contributed by atoms with Crippen LogP contribution >= 0.6 is 11.8 Å². The lowest BCUT2D eigenvalue weighted by molar-refractivity contribution is -0.384. The summed E-state index contributed by atoms with van der Waals surface area (Å²) in [6.07, 6.45) is 3.71. The maximum Gasteiger partial charge on any atom is 0.294 e. The van der Waals surface area contributed by atoms with Gasteiger partial charge >= 0.3 is 0 Å². The zero-order valence-electron chi connectivity index (χ0n) is 21.3. The molecule has 0 aliphatic carbocycles. The largest absolute Gasteiger partial charge is 0.493 e. The molecular formula is C27H27N3O8S. The average Bonchev–Trinajstić information content (AvgIpc) is 3.20. The molecule has 0 saturated carbocycles. The van der Waals surface area contributed by atoms with Crippen LogP contribution in [0.1, 0.15) is 16.7 Å². The molecule has 2 saturated heterocycles. The van der Waals surface area contributed by atoms with Gasteiger partial charge in [0.25, 0.3) is 16.8 Å². The number of morpholine rings is 1. The van der Waals surface area contributed by atoms with Crippen molar-refractivity contribution in [3.63, 3.8) is 0 Å². The van der Waals surface area contributed by atoms with E-state index >= 15 is 0 Å². The van der Waals surface area contributed by atoms with E-state index in [2.05, 4.69) is 6.58 Å². The van der Waals surface area contributed by atoms with Gasteiger partial charge in [0.15, 0.2) is 11.5 Å². The number of benzene rings is 2. The van der Waals surface area contributed by atoms with Crippen molar-refractivity contribution in [3.05, 3.63) is 80.8 Å².